The van der Waals surface area contributed by atoms with Crippen LogP contribution >= 0.6 is 15.2 Å². The second-order valence-electron chi connectivity index (χ2n) is 14.9. The van der Waals surface area contributed by atoms with Crippen LogP contribution in [0.5, 0.6) is 0 Å². The summed E-state index contributed by atoms with van der Waals surface area (Å²) >= 11 is 0. The van der Waals surface area contributed by atoms with Crippen molar-refractivity contribution in [3.05, 3.63) is 0 Å². The SMILES string of the molecule is CCOP(=O)(OCC)C(CN1CCN(C(=O)OC(C)(C)C)CCN(C(=O)OC(C)(C)C)CCN(C(=O)OC(C)(C)C)CC1)P(=O)(OCC)OCC. The summed E-state index contributed by atoms with van der Waals surface area (Å²) < 4.78 is 68.7. The third-order valence-corrected chi connectivity index (χ3v) is 13.0. The van der Waals surface area contributed by atoms with Gasteiger partial charge >= 0.3 is 33.5 Å². The predicted octanol–water partition coefficient (Wildman–Crippen LogP) is 6.87. The molecule has 0 aromatic rings. The lowest BCUT2D eigenvalue weighted by Gasteiger charge is -2.38. The number of amides is 3. The maximum Gasteiger partial charge on any atom is 0.410 e. The molecule has 51 heavy (non-hydrogen) atoms. The van der Waals surface area contributed by atoms with Gasteiger partial charge in [-0.2, -0.15) is 0 Å². The van der Waals surface area contributed by atoms with Gasteiger partial charge in [0.1, 0.15) is 16.8 Å². The monoisotopic (exact) mass is 772 g/mol. The van der Waals surface area contributed by atoms with E-state index in [0.717, 1.165) is 0 Å². The van der Waals surface area contributed by atoms with Crippen LogP contribution in [0.1, 0.15) is 90.0 Å². The van der Waals surface area contributed by atoms with E-state index >= 15 is 0 Å². The molecule has 0 radical (unpaired) electrons. The maximum absolute atomic E-state index is 14.4. The van der Waals surface area contributed by atoms with Crippen molar-refractivity contribution in [1.82, 2.24) is 19.6 Å². The Labute approximate surface area is 306 Å². The van der Waals surface area contributed by atoms with Gasteiger partial charge in [0.25, 0.3) is 0 Å². The van der Waals surface area contributed by atoms with E-state index in [1.807, 2.05) is 4.90 Å². The summed E-state index contributed by atoms with van der Waals surface area (Å²) in [6, 6.07) is 0. The fourth-order valence-corrected chi connectivity index (χ4v) is 10.2. The molecule has 0 unspecified atom stereocenters. The highest BCUT2D eigenvalue weighted by atomic mass is 31.2. The zero-order valence-corrected chi connectivity index (χ0v) is 35.1. The Morgan fingerprint density at radius 2 is 0.725 bits per heavy atom. The molecule has 1 rings (SSSR count). The van der Waals surface area contributed by atoms with Gasteiger partial charge in [0, 0.05) is 58.9 Å². The van der Waals surface area contributed by atoms with Gasteiger partial charge in [0.05, 0.1) is 26.4 Å². The van der Waals surface area contributed by atoms with Gasteiger partial charge in [-0.25, -0.2) is 14.4 Å². The van der Waals surface area contributed by atoms with E-state index in [1.165, 1.54) is 14.7 Å². The van der Waals surface area contributed by atoms with Crippen LogP contribution in [0, 0.1) is 0 Å². The molecule has 0 bridgehead atoms. The molecule has 1 aliphatic heterocycles. The maximum atomic E-state index is 14.4. The zero-order chi connectivity index (χ0) is 39.3. The topological polar surface area (TPSA) is 163 Å². The van der Waals surface area contributed by atoms with Crippen LogP contribution < -0.4 is 0 Å². The van der Waals surface area contributed by atoms with Crippen LogP contribution in [0.2, 0.25) is 0 Å². The molecule has 0 aliphatic carbocycles. The van der Waals surface area contributed by atoms with Crippen LogP contribution in [0.25, 0.3) is 0 Å². The lowest BCUT2D eigenvalue weighted by atomic mass is 10.2. The number of hydrogen-bond acceptors (Lipinski definition) is 13. The van der Waals surface area contributed by atoms with Crippen molar-refractivity contribution in [2.24, 2.45) is 0 Å². The third-order valence-electron chi connectivity index (χ3n) is 6.99. The fourth-order valence-electron chi connectivity index (χ4n) is 4.91. The molecule has 300 valence electrons. The minimum absolute atomic E-state index is 0.0129. The van der Waals surface area contributed by atoms with Gasteiger partial charge in [-0.05, 0) is 90.0 Å². The number of carbonyl (C=O) groups excluding carboxylic acids is 3. The molecule has 1 saturated heterocycles. The molecule has 3 amide bonds. The summed E-state index contributed by atoms with van der Waals surface area (Å²) in [6.45, 7) is 23.2. The molecular weight excluding hydrogens is 706 g/mol. The van der Waals surface area contributed by atoms with Crippen LogP contribution in [-0.4, -0.2) is 145 Å². The predicted molar refractivity (Wildman–Crippen MR) is 195 cm³/mol. The van der Waals surface area contributed by atoms with Crippen LogP contribution in [0.3, 0.4) is 0 Å². The first-order valence-electron chi connectivity index (χ1n) is 17.9. The molecule has 0 spiro atoms. The quantitative estimate of drug-likeness (QED) is 0.149. The number of ether oxygens (including phenoxy) is 3. The van der Waals surface area contributed by atoms with Gasteiger partial charge in [-0.15, -0.1) is 0 Å². The summed E-state index contributed by atoms with van der Waals surface area (Å²) in [6.07, 6.45) is -1.79. The first kappa shape index (κ1) is 47.1. The molecule has 16 nitrogen and oxygen atoms in total. The highest BCUT2D eigenvalue weighted by Crippen LogP contribution is 2.70. The highest BCUT2D eigenvalue weighted by molar-refractivity contribution is 7.72. The van der Waals surface area contributed by atoms with E-state index in [4.69, 9.17) is 32.3 Å². The molecule has 0 N–H and O–H groups in total. The lowest BCUT2D eigenvalue weighted by Crippen LogP contribution is -2.52. The Kier molecular flexibility index (Phi) is 18.9. The van der Waals surface area contributed by atoms with Crippen molar-refractivity contribution in [1.29, 1.82) is 0 Å². The first-order valence-corrected chi connectivity index (χ1v) is 21.1. The summed E-state index contributed by atoms with van der Waals surface area (Å²) in [5.74, 6) is 0. The van der Waals surface area contributed by atoms with Crippen molar-refractivity contribution in [3.63, 3.8) is 0 Å². The Bertz CT molecular complexity index is 1110. The first-order chi connectivity index (χ1) is 23.4. The molecule has 1 aliphatic rings. The average Bonchev–Trinajstić information content (AvgIpc) is 2.94. The number of hydrogen-bond donors (Lipinski definition) is 0. The second kappa shape index (κ2) is 20.5. The van der Waals surface area contributed by atoms with E-state index in [-0.39, 0.29) is 85.3 Å². The minimum Gasteiger partial charge on any atom is -0.444 e. The van der Waals surface area contributed by atoms with Gasteiger partial charge in [0.2, 0.25) is 0 Å². The van der Waals surface area contributed by atoms with Crippen LogP contribution in [0.4, 0.5) is 14.4 Å². The standard InChI is InChI=1S/C33H66N4O12P2/c1-14-43-50(41,44-15-2)27(51(42,45-16-3)46-17-4)26-34-18-20-35(28(38)47-31(5,6)7)22-24-37(30(40)49-33(11,12)13)25-23-36(21-19-34)29(39)48-32(8,9)10/h27H,14-26H2,1-13H3. The van der Waals surface area contributed by atoms with Crippen molar-refractivity contribution in [2.45, 2.75) is 112 Å². The van der Waals surface area contributed by atoms with Gasteiger partial charge in [-0.1, -0.05) is 0 Å². The Morgan fingerprint density at radius 3 is 0.941 bits per heavy atom. The summed E-state index contributed by atoms with van der Waals surface area (Å²) in [5.41, 5.74) is -2.38. The molecule has 0 saturated carbocycles. The molecule has 0 aromatic heterocycles. The molecular formula is C33H66N4O12P2. The molecule has 0 aromatic carbocycles. The molecule has 18 heteroatoms. The molecule has 1 heterocycles. The fraction of sp³-hybridized carbons (Fsp3) is 0.909. The van der Waals surface area contributed by atoms with E-state index in [0.29, 0.717) is 0 Å². The molecule has 1 fully saturated rings. The Morgan fingerprint density at radius 1 is 0.490 bits per heavy atom. The zero-order valence-electron chi connectivity index (χ0n) is 33.4. The summed E-state index contributed by atoms with van der Waals surface area (Å²) in [7, 11) is -8.24. The highest BCUT2D eigenvalue weighted by Gasteiger charge is 2.51. The van der Waals surface area contributed by atoms with E-state index in [9.17, 15) is 23.5 Å². The average molecular weight is 773 g/mol. The number of carbonyl (C=O) groups is 3. The van der Waals surface area contributed by atoms with Crippen molar-refractivity contribution < 1.29 is 55.8 Å². The van der Waals surface area contributed by atoms with Crippen molar-refractivity contribution in [3.8, 4) is 0 Å². The van der Waals surface area contributed by atoms with Gasteiger partial charge in [-0.3, -0.25) is 14.0 Å². The van der Waals surface area contributed by atoms with Crippen LogP contribution in [-0.2, 0) is 41.4 Å². The minimum atomic E-state index is -4.12. The second-order valence-corrected chi connectivity index (χ2v) is 19.8. The summed E-state index contributed by atoms with van der Waals surface area (Å²) in [4.78, 5) is 46.6. The van der Waals surface area contributed by atoms with Gasteiger partial charge in [0.15, 0.2) is 5.40 Å². The number of nitrogens with zero attached hydrogens (tertiary/aromatic N) is 4. The Balaban J connectivity index is 3.76. The largest absolute Gasteiger partial charge is 0.444 e. The Hall–Kier alpha value is -1.93. The van der Waals surface area contributed by atoms with Gasteiger partial charge < -0.3 is 47.0 Å². The summed E-state index contributed by atoms with van der Waals surface area (Å²) in [5, 5.41) is -1.36. The van der Waals surface area contributed by atoms with E-state index < -0.39 is 55.7 Å². The van der Waals surface area contributed by atoms with Crippen LogP contribution in [0.15, 0.2) is 0 Å². The normalized spacial score (nSPS) is 16.8. The van der Waals surface area contributed by atoms with E-state index in [2.05, 4.69) is 0 Å². The third kappa shape index (κ3) is 17.2. The smallest absolute Gasteiger partial charge is 0.410 e. The van der Waals surface area contributed by atoms with E-state index in [1.54, 1.807) is 90.0 Å². The van der Waals surface area contributed by atoms with Crippen molar-refractivity contribution >= 4 is 33.5 Å². The van der Waals surface area contributed by atoms with Crippen molar-refractivity contribution in [2.75, 3.05) is 85.3 Å². The number of rotatable bonds is 12. The molecule has 0 atom stereocenters. The lowest BCUT2D eigenvalue weighted by molar-refractivity contribution is 0.00469.